The highest BCUT2D eigenvalue weighted by Gasteiger charge is 2.01. The predicted molar refractivity (Wildman–Crippen MR) is 73.9 cm³/mol. The molecule has 0 radical (unpaired) electrons. The van der Waals surface area contributed by atoms with Crippen LogP contribution in [-0.4, -0.2) is 16.6 Å². The first-order valence-electron chi connectivity index (χ1n) is 5.13. The van der Waals surface area contributed by atoms with Gasteiger partial charge in [-0.1, -0.05) is 41.9 Å². The van der Waals surface area contributed by atoms with E-state index in [4.69, 9.17) is 21.5 Å². The molecule has 0 fully saturated rings. The molecule has 1 N–H and O–H groups in total. The Labute approximate surface area is 115 Å². The monoisotopic (exact) mass is 281 g/mol. The number of benzene rings is 1. The molecule has 18 heavy (non-hydrogen) atoms. The van der Waals surface area contributed by atoms with Crippen molar-refractivity contribution >= 4 is 29.8 Å². The van der Waals surface area contributed by atoms with Gasteiger partial charge in [-0.15, -0.1) is 11.8 Å². The van der Waals surface area contributed by atoms with Gasteiger partial charge in [0.05, 0.1) is 5.02 Å². The van der Waals surface area contributed by atoms with Gasteiger partial charge in [-0.05, 0) is 17.7 Å². The van der Waals surface area contributed by atoms with Crippen molar-refractivity contribution in [3.8, 4) is 0 Å². The molecule has 0 aliphatic carbocycles. The van der Waals surface area contributed by atoms with Gasteiger partial charge in [-0.2, -0.15) is 0 Å². The highest BCUT2D eigenvalue weighted by Crippen LogP contribution is 2.26. The molecule has 2 aromatic rings. The summed E-state index contributed by atoms with van der Waals surface area (Å²) in [6, 6.07) is 14.0. The zero-order chi connectivity index (χ0) is 13.2. The summed E-state index contributed by atoms with van der Waals surface area (Å²) in [4.78, 5) is 12.6. The van der Waals surface area contributed by atoms with Crippen molar-refractivity contribution in [3.63, 3.8) is 0 Å². The number of carbonyl (C=O) groups is 1. The van der Waals surface area contributed by atoms with Crippen LogP contribution in [0.4, 0.5) is 0 Å². The van der Waals surface area contributed by atoms with Gasteiger partial charge >= 0.3 is 0 Å². The van der Waals surface area contributed by atoms with E-state index in [1.807, 2.05) is 30.3 Å². The topological polar surface area (TPSA) is 50.2 Å². The largest absolute Gasteiger partial charge is 0.483 e. The van der Waals surface area contributed by atoms with Crippen molar-refractivity contribution in [1.82, 2.24) is 4.98 Å². The Morgan fingerprint density at radius 2 is 1.89 bits per heavy atom. The Kier molecular flexibility index (Phi) is 6.91. The van der Waals surface area contributed by atoms with Gasteiger partial charge < -0.3 is 5.11 Å². The molecular formula is C13H12ClNO2S. The Bertz CT molecular complexity index is 479. The summed E-state index contributed by atoms with van der Waals surface area (Å²) in [7, 11) is 0. The number of hydrogen-bond acceptors (Lipinski definition) is 3. The Balaban J connectivity index is 0.000000492. The molecule has 0 bridgehead atoms. The zero-order valence-electron chi connectivity index (χ0n) is 9.49. The van der Waals surface area contributed by atoms with E-state index in [0.29, 0.717) is 0 Å². The summed E-state index contributed by atoms with van der Waals surface area (Å²) in [6.07, 6.45) is 1.76. The zero-order valence-corrected chi connectivity index (χ0v) is 11.1. The second-order valence-electron chi connectivity index (χ2n) is 3.17. The number of aromatic nitrogens is 1. The molecular weight excluding hydrogens is 270 g/mol. The van der Waals surface area contributed by atoms with Gasteiger partial charge in [-0.25, -0.2) is 4.98 Å². The SMILES string of the molecule is Clc1cccnc1SCc1ccccc1.O=CO. The van der Waals surface area contributed by atoms with E-state index in [2.05, 4.69) is 17.1 Å². The molecule has 1 aromatic heterocycles. The number of thioether (sulfide) groups is 1. The second-order valence-corrected chi connectivity index (χ2v) is 4.54. The summed E-state index contributed by atoms with van der Waals surface area (Å²) < 4.78 is 0. The molecule has 5 heteroatoms. The summed E-state index contributed by atoms with van der Waals surface area (Å²) in [5.41, 5.74) is 1.28. The van der Waals surface area contributed by atoms with Crippen LogP contribution in [-0.2, 0) is 10.5 Å². The van der Waals surface area contributed by atoms with Crippen molar-refractivity contribution in [1.29, 1.82) is 0 Å². The van der Waals surface area contributed by atoms with Crippen molar-refractivity contribution in [2.45, 2.75) is 10.8 Å². The number of carboxylic acid groups (broad SMARTS) is 1. The normalized spacial score (nSPS) is 9.17. The molecule has 3 nitrogen and oxygen atoms in total. The van der Waals surface area contributed by atoms with Crippen LogP contribution in [0, 0.1) is 0 Å². The summed E-state index contributed by atoms with van der Waals surface area (Å²) in [5, 5.41) is 8.50. The quantitative estimate of drug-likeness (QED) is 0.688. The van der Waals surface area contributed by atoms with Crippen LogP contribution in [0.5, 0.6) is 0 Å². The second kappa shape index (κ2) is 8.55. The highest BCUT2D eigenvalue weighted by molar-refractivity contribution is 7.98. The standard InChI is InChI=1S/C12H10ClNS.CH2O2/c13-11-7-4-8-14-12(11)15-9-10-5-2-1-3-6-10;2-1-3/h1-8H,9H2;1H,(H,2,3). The first-order valence-corrected chi connectivity index (χ1v) is 6.49. The predicted octanol–water partition coefficient (Wildman–Crippen LogP) is 3.73. The van der Waals surface area contributed by atoms with Crippen LogP contribution in [0.3, 0.4) is 0 Å². The van der Waals surface area contributed by atoms with E-state index in [1.54, 1.807) is 18.0 Å². The maximum Gasteiger partial charge on any atom is 0.290 e. The molecule has 0 unspecified atom stereocenters. The van der Waals surface area contributed by atoms with Crippen LogP contribution in [0.25, 0.3) is 0 Å². The Hall–Kier alpha value is -1.52. The highest BCUT2D eigenvalue weighted by atomic mass is 35.5. The van der Waals surface area contributed by atoms with Gasteiger partial charge in [-0.3, -0.25) is 4.79 Å². The molecule has 0 saturated heterocycles. The molecule has 1 heterocycles. The number of nitrogens with zero attached hydrogens (tertiary/aromatic N) is 1. The molecule has 2 rings (SSSR count). The molecule has 94 valence electrons. The number of pyridine rings is 1. The molecule has 0 saturated carbocycles. The lowest BCUT2D eigenvalue weighted by Crippen LogP contribution is -1.83. The van der Waals surface area contributed by atoms with Crippen LogP contribution in [0.2, 0.25) is 5.02 Å². The van der Waals surface area contributed by atoms with Crippen LogP contribution >= 0.6 is 23.4 Å². The maximum atomic E-state index is 8.36. The Morgan fingerprint density at radius 3 is 2.50 bits per heavy atom. The fourth-order valence-corrected chi connectivity index (χ4v) is 2.33. The molecule has 1 aromatic carbocycles. The van der Waals surface area contributed by atoms with Crippen molar-refractivity contribution in [3.05, 3.63) is 59.2 Å². The number of halogens is 1. The van der Waals surface area contributed by atoms with Gasteiger partial charge in [0.15, 0.2) is 0 Å². The molecule has 0 aliphatic heterocycles. The minimum atomic E-state index is -0.250. The third kappa shape index (κ3) is 5.21. The van der Waals surface area contributed by atoms with E-state index < -0.39 is 0 Å². The third-order valence-electron chi connectivity index (χ3n) is 1.94. The van der Waals surface area contributed by atoms with Gasteiger partial charge in [0.25, 0.3) is 6.47 Å². The van der Waals surface area contributed by atoms with Crippen molar-refractivity contribution < 1.29 is 9.90 Å². The van der Waals surface area contributed by atoms with Crippen molar-refractivity contribution in [2.75, 3.05) is 0 Å². The van der Waals surface area contributed by atoms with Gasteiger partial charge in [0.2, 0.25) is 0 Å². The fraction of sp³-hybridized carbons (Fsp3) is 0.0769. The van der Waals surface area contributed by atoms with E-state index in [1.165, 1.54) is 5.56 Å². The minimum absolute atomic E-state index is 0.250. The van der Waals surface area contributed by atoms with Crippen molar-refractivity contribution in [2.24, 2.45) is 0 Å². The number of hydrogen-bond donors (Lipinski definition) is 1. The van der Waals surface area contributed by atoms with Crippen LogP contribution in [0.15, 0.2) is 53.7 Å². The fourth-order valence-electron chi connectivity index (χ4n) is 1.20. The third-order valence-corrected chi connectivity index (χ3v) is 3.44. The lowest BCUT2D eigenvalue weighted by molar-refractivity contribution is -0.122. The minimum Gasteiger partial charge on any atom is -0.483 e. The summed E-state index contributed by atoms with van der Waals surface area (Å²) >= 11 is 7.66. The average Bonchev–Trinajstić information content (AvgIpc) is 2.40. The lowest BCUT2D eigenvalue weighted by Gasteiger charge is -2.02. The first kappa shape index (κ1) is 14.5. The molecule has 0 amide bonds. The summed E-state index contributed by atoms with van der Waals surface area (Å²) in [5.74, 6) is 0.900. The van der Waals surface area contributed by atoms with Crippen LogP contribution in [0.1, 0.15) is 5.56 Å². The first-order chi connectivity index (χ1) is 8.77. The van der Waals surface area contributed by atoms with E-state index in [-0.39, 0.29) is 6.47 Å². The smallest absolute Gasteiger partial charge is 0.290 e. The van der Waals surface area contributed by atoms with E-state index >= 15 is 0 Å². The molecule has 0 atom stereocenters. The van der Waals surface area contributed by atoms with Gasteiger partial charge in [0, 0.05) is 11.9 Å². The summed E-state index contributed by atoms with van der Waals surface area (Å²) in [6.45, 7) is -0.250. The van der Waals surface area contributed by atoms with Crippen LogP contribution < -0.4 is 0 Å². The average molecular weight is 282 g/mol. The number of rotatable bonds is 3. The molecule has 0 aliphatic rings. The molecule has 0 spiro atoms. The van der Waals surface area contributed by atoms with E-state index in [0.717, 1.165) is 15.8 Å². The lowest BCUT2D eigenvalue weighted by atomic mass is 10.2. The van der Waals surface area contributed by atoms with Gasteiger partial charge in [0.1, 0.15) is 5.03 Å². The van der Waals surface area contributed by atoms with E-state index in [9.17, 15) is 0 Å². The maximum absolute atomic E-state index is 8.36. The Morgan fingerprint density at radius 1 is 1.22 bits per heavy atom.